The average Bonchev–Trinajstić information content (AvgIpc) is 2.40. The van der Waals surface area contributed by atoms with Crippen molar-refractivity contribution in [3.05, 3.63) is 29.3 Å². The third-order valence-corrected chi connectivity index (χ3v) is 4.10. The molecule has 1 saturated heterocycles. The minimum Gasteiger partial charge on any atom is -0.368 e. The van der Waals surface area contributed by atoms with Gasteiger partial charge < -0.3 is 15.1 Å². The number of anilines is 1. The first-order valence-electron chi connectivity index (χ1n) is 7.37. The van der Waals surface area contributed by atoms with E-state index in [9.17, 15) is 0 Å². The summed E-state index contributed by atoms with van der Waals surface area (Å²) >= 11 is 0. The van der Waals surface area contributed by atoms with Crippen molar-refractivity contribution in [1.82, 2.24) is 10.2 Å². The first-order chi connectivity index (χ1) is 9.11. The molecule has 3 nitrogen and oxygen atoms in total. The van der Waals surface area contributed by atoms with Crippen LogP contribution in [0.5, 0.6) is 0 Å². The van der Waals surface area contributed by atoms with Crippen LogP contribution in [0.25, 0.3) is 0 Å². The van der Waals surface area contributed by atoms with E-state index in [2.05, 4.69) is 61.1 Å². The van der Waals surface area contributed by atoms with Crippen molar-refractivity contribution in [2.45, 2.75) is 33.4 Å². The molecule has 106 valence electrons. The highest BCUT2D eigenvalue weighted by Gasteiger charge is 2.22. The van der Waals surface area contributed by atoms with Gasteiger partial charge in [0.1, 0.15) is 0 Å². The van der Waals surface area contributed by atoms with E-state index in [1.165, 1.54) is 16.8 Å². The first-order valence-corrected chi connectivity index (χ1v) is 7.37. The zero-order valence-electron chi connectivity index (χ0n) is 12.7. The topological polar surface area (TPSA) is 18.5 Å². The fourth-order valence-electron chi connectivity index (χ4n) is 2.69. The van der Waals surface area contributed by atoms with Crippen molar-refractivity contribution < 1.29 is 0 Å². The summed E-state index contributed by atoms with van der Waals surface area (Å²) in [5, 5.41) is 3.45. The molecule has 1 heterocycles. The minimum atomic E-state index is 0.627. The first kappa shape index (κ1) is 14.4. The Morgan fingerprint density at radius 2 is 2.11 bits per heavy atom. The summed E-state index contributed by atoms with van der Waals surface area (Å²) in [6.45, 7) is 12.0. The summed E-state index contributed by atoms with van der Waals surface area (Å²) in [4.78, 5) is 4.98. The van der Waals surface area contributed by atoms with Gasteiger partial charge in [-0.05, 0) is 39.1 Å². The summed E-state index contributed by atoms with van der Waals surface area (Å²) in [5.41, 5.74) is 4.18. The van der Waals surface area contributed by atoms with Gasteiger partial charge in [0.15, 0.2) is 0 Å². The molecular formula is C16H27N3. The molecule has 0 radical (unpaired) electrons. The van der Waals surface area contributed by atoms with E-state index in [-0.39, 0.29) is 0 Å². The molecular weight excluding hydrogens is 234 g/mol. The van der Waals surface area contributed by atoms with Crippen molar-refractivity contribution in [2.24, 2.45) is 0 Å². The number of hydrogen-bond donors (Lipinski definition) is 1. The largest absolute Gasteiger partial charge is 0.368 e. The summed E-state index contributed by atoms with van der Waals surface area (Å²) in [5.74, 6) is 0. The smallest absolute Gasteiger partial charge is 0.0413 e. The third kappa shape index (κ3) is 3.48. The van der Waals surface area contributed by atoms with Crippen molar-refractivity contribution in [3.8, 4) is 0 Å². The molecule has 1 unspecified atom stereocenters. The summed E-state index contributed by atoms with van der Waals surface area (Å²) in [7, 11) is 2.22. The highest BCUT2D eigenvalue weighted by Crippen LogP contribution is 2.24. The zero-order chi connectivity index (χ0) is 13.8. The Balaban J connectivity index is 2.18. The van der Waals surface area contributed by atoms with Crippen LogP contribution in [0.4, 0.5) is 5.69 Å². The van der Waals surface area contributed by atoms with E-state index in [4.69, 9.17) is 0 Å². The average molecular weight is 261 g/mol. The number of likely N-dealkylation sites (N-methyl/N-ethyl adjacent to an activating group) is 1. The molecule has 2 rings (SSSR count). The van der Waals surface area contributed by atoms with E-state index < -0.39 is 0 Å². The molecule has 0 bridgehead atoms. The van der Waals surface area contributed by atoms with E-state index in [0.29, 0.717) is 6.04 Å². The molecule has 1 atom stereocenters. The van der Waals surface area contributed by atoms with Crippen molar-refractivity contribution in [1.29, 1.82) is 0 Å². The Labute approximate surface area is 117 Å². The van der Waals surface area contributed by atoms with Gasteiger partial charge in [-0.1, -0.05) is 24.6 Å². The summed E-state index contributed by atoms with van der Waals surface area (Å²) in [6, 6.07) is 7.47. The molecule has 0 amide bonds. The molecule has 0 aromatic heterocycles. The molecule has 1 aromatic rings. The fraction of sp³-hybridized carbons (Fsp3) is 0.625. The number of hydrogen-bond acceptors (Lipinski definition) is 3. The van der Waals surface area contributed by atoms with Crippen molar-refractivity contribution >= 4 is 5.69 Å². The monoisotopic (exact) mass is 261 g/mol. The Bertz CT molecular complexity index is 416. The third-order valence-electron chi connectivity index (χ3n) is 4.10. The second-order valence-electron chi connectivity index (χ2n) is 5.69. The van der Waals surface area contributed by atoms with Gasteiger partial charge in [-0.15, -0.1) is 0 Å². The van der Waals surface area contributed by atoms with Crippen LogP contribution in [0.3, 0.4) is 0 Å². The second kappa shape index (κ2) is 6.40. The highest BCUT2D eigenvalue weighted by molar-refractivity contribution is 5.55. The van der Waals surface area contributed by atoms with Gasteiger partial charge in [-0.25, -0.2) is 0 Å². The molecule has 0 aliphatic carbocycles. The minimum absolute atomic E-state index is 0.627. The van der Waals surface area contributed by atoms with Crippen molar-refractivity contribution in [2.75, 3.05) is 38.1 Å². The predicted molar refractivity (Wildman–Crippen MR) is 82.9 cm³/mol. The number of nitrogens with zero attached hydrogens (tertiary/aromatic N) is 2. The van der Waals surface area contributed by atoms with Gasteiger partial charge in [0.25, 0.3) is 0 Å². The Morgan fingerprint density at radius 3 is 2.79 bits per heavy atom. The lowest BCUT2D eigenvalue weighted by molar-refractivity contribution is 0.234. The lowest BCUT2D eigenvalue weighted by Gasteiger charge is -2.40. The molecule has 3 heteroatoms. The van der Waals surface area contributed by atoms with Gasteiger partial charge in [0.05, 0.1) is 0 Å². The van der Waals surface area contributed by atoms with E-state index in [0.717, 1.165) is 32.7 Å². The van der Waals surface area contributed by atoms with E-state index >= 15 is 0 Å². The number of aryl methyl sites for hydroxylation is 1. The molecule has 0 spiro atoms. The van der Waals surface area contributed by atoms with Gasteiger partial charge >= 0.3 is 0 Å². The standard InChI is InChI=1S/C16H27N3/c1-5-17-11-15-10-13(2)6-7-16(15)19-9-8-18(4)14(3)12-19/h6-7,10,14,17H,5,8-9,11-12H2,1-4H3. The van der Waals surface area contributed by atoms with Gasteiger partial charge in [0.2, 0.25) is 0 Å². The lowest BCUT2D eigenvalue weighted by Crippen LogP contribution is -2.50. The van der Waals surface area contributed by atoms with Crippen LogP contribution in [0.2, 0.25) is 0 Å². The molecule has 1 aromatic carbocycles. The normalized spacial score (nSPS) is 20.8. The quantitative estimate of drug-likeness (QED) is 0.897. The Morgan fingerprint density at radius 1 is 1.32 bits per heavy atom. The van der Waals surface area contributed by atoms with Crippen LogP contribution < -0.4 is 10.2 Å². The fourth-order valence-corrected chi connectivity index (χ4v) is 2.69. The maximum atomic E-state index is 3.45. The van der Waals surface area contributed by atoms with E-state index in [1.54, 1.807) is 0 Å². The maximum absolute atomic E-state index is 3.45. The summed E-state index contributed by atoms with van der Waals surface area (Å²) in [6.07, 6.45) is 0. The molecule has 1 aliphatic heterocycles. The lowest BCUT2D eigenvalue weighted by atomic mass is 10.1. The number of benzene rings is 1. The van der Waals surface area contributed by atoms with E-state index in [1.807, 2.05) is 0 Å². The number of rotatable bonds is 4. The Kier molecular flexibility index (Phi) is 4.83. The molecule has 19 heavy (non-hydrogen) atoms. The zero-order valence-corrected chi connectivity index (χ0v) is 12.7. The second-order valence-corrected chi connectivity index (χ2v) is 5.69. The maximum Gasteiger partial charge on any atom is 0.0413 e. The van der Waals surface area contributed by atoms with Crippen LogP contribution in [0.1, 0.15) is 25.0 Å². The number of piperazine rings is 1. The molecule has 1 N–H and O–H groups in total. The molecule has 1 aliphatic rings. The highest BCUT2D eigenvalue weighted by atomic mass is 15.3. The van der Waals surface area contributed by atoms with Crippen molar-refractivity contribution in [3.63, 3.8) is 0 Å². The molecule has 1 fully saturated rings. The van der Waals surface area contributed by atoms with Crippen LogP contribution in [-0.4, -0.2) is 44.2 Å². The predicted octanol–water partition coefficient (Wildman–Crippen LogP) is 2.24. The van der Waals surface area contributed by atoms with Gasteiger partial charge in [-0.2, -0.15) is 0 Å². The van der Waals surface area contributed by atoms with Gasteiger partial charge in [-0.3, -0.25) is 0 Å². The van der Waals surface area contributed by atoms with Crippen LogP contribution in [0, 0.1) is 6.92 Å². The van der Waals surface area contributed by atoms with Gasteiger partial charge in [0, 0.05) is 37.9 Å². The SMILES string of the molecule is CCNCc1cc(C)ccc1N1CCN(C)C(C)C1. The Hall–Kier alpha value is -1.06. The molecule has 0 saturated carbocycles. The van der Waals surface area contributed by atoms with Crippen LogP contribution >= 0.6 is 0 Å². The van der Waals surface area contributed by atoms with Crippen LogP contribution in [0.15, 0.2) is 18.2 Å². The summed E-state index contributed by atoms with van der Waals surface area (Å²) < 4.78 is 0. The van der Waals surface area contributed by atoms with Crippen LogP contribution in [-0.2, 0) is 6.54 Å². The number of nitrogens with one attached hydrogen (secondary N) is 1.